The van der Waals surface area contributed by atoms with Crippen LogP contribution in [0.25, 0.3) is 0 Å². The van der Waals surface area contributed by atoms with E-state index in [1.54, 1.807) is 31.2 Å². The van der Waals surface area contributed by atoms with Gasteiger partial charge in [-0.1, -0.05) is 18.2 Å². The van der Waals surface area contributed by atoms with Crippen molar-refractivity contribution in [2.45, 2.75) is 52.0 Å². The summed E-state index contributed by atoms with van der Waals surface area (Å²) in [7, 11) is 0. The smallest absolute Gasteiger partial charge is 0.434 e. The second kappa shape index (κ2) is 9.72. The van der Waals surface area contributed by atoms with E-state index in [-0.39, 0.29) is 30.4 Å². The van der Waals surface area contributed by atoms with Crippen molar-refractivity contribution in [3.05, 3.63) is 59.7 Å². The topological polar surface area (TPSA) is 93.7 Å². The number of carbonyl (C=O) groups excluding carboxylic acids is 3. The van der Waals surface area contributed by atoms with Gasteiger partial charge in [-0.25, -0.2) is 4.79 Å². The monoisotopic (exact) mass is 476 g/mol. The van der Waals surface area contributed by atoms with Gasteiger partial charge >= 0.3 is 6.16 Å². The summed E-state index contributed by atoms with van der Waals surface area (Å²) in [5.41, 5.74) is 1.84. The van der Waals surface area contributed by atoms with Gasteiger partial charge < -0.3 is 20.1 Å². The van der Waals surface area contributed by atoms with Crippen molar-refractivity contribution in [1.29, 1.82) is 0 Å². The summed E-state index contributed by atoms with van der Waals surface area (Å²) in [6, 6.07) is 13.9. The van der Waals surface area contributed by atoms with E-state index in [9.17, 15) is 14.4 Å². The minimum atomic E-state index is -0.781. The van der Waals surface area contributed by atoms with E-state index in [1.165, 1.54) is 19.3 Å². The van der Waals surface area contributed by atoms with Crippen LogP contribution in [0, 0.1) is 23.2 Å². The molecule has 35 heavy (non-hydrogen) atoms. The van der Waals surface area contributed by atoms with Gasteiger partial charge in [0.25, 0.3) is 5.91 Å². The first-order valence-corrected chi connectivity index (χ1v) is 12.6. The molecule has 4 fully saturated rings. The van der Waals surface area contributed by atoms with Crippen molar-refractivity contribution in [3.8, 4) is 5.75 Å². The maximum atomic E-state index is 13.5. The maximum absolute atomic E-state index is 13.5. The molecule has 4 aliphatic carbocycles. The lowest BCUT2D eigenvalue weighted by molar-refractivity contribution is -0.140. The Morgan fingerprint density at radius 3 is 2.17 bits per heavy atom. The first-order chi connectivity index (χ1) is 16.9. The van der Waals surface area contributed by atoms with Crippen LogP contribution in [0.5, 0.6) is 5.75 Å². The third-order valence-corrected chi connectivity index (χ3v) is 7.80. The molecule has 2 aromatic carbocycles. The molecule has 6 rings (SSSR count). The first kappa shape index (κ1) is 23.4. The fourth-order valence-electron chi connectivity index (χ4n) is 6.64. The number of hydrogen-bond acceptors (Lipinski definition) is 5. The van der Waals surface area contributed by atoms with Gasteiger partial charge in [0.05, 0.1) is 12.0 Å². The van der Waals surface area contributed by atoms with Gasteiger partial charge in [-0.15, -0.1) is 0 Å². The van der Waals surface area contributed by atoms with Crippen LogP contribution in [-0.4, -0.2) is 24.6 Å². The van der Waals surface area contributed by atoms with Gasteiger partial charge in [0.1, 0.15) is 5.75 Å². The van der Waals surface area contributed by atoms with Crippen LogP contribution in [0.1, 0.15) is 61.4 Å². The number of rotatable bonds is 7. The molecule has 7 nitrogen and oxygen atoms in total. The molecule has 0 heterocycles. The number of ether oxygens (including phenoxy) is 2. The second-order valence-electron chi connectivity index (χ2n) is 10.3. The molecule has 0 aromatic heterocycles. The van der Waals surface area contributed by atoms with Gasteiger partial charge in [-0.3, -0.25) is 9.59 Å². The number of hydrogen-bond donors (Lipinski definition) is 2. The zero-order chi connectivity index (χ0) is 24.4. The summed E-state index contributed by atoms with van der Waals surface area (Å²) in [5, 5.41) is 6.14. The third kappa shape index (κ3) is 5.04. The molecule has 7 heteroatoms. The van der Waals surface area contributed by atoms with E-state index < -0.39 is 6.16 Å². The van der Waals surface area contributed by atoms with Crippen molar-refractivity contribution in [1.82, 2.24) is 5.32 Å². The zero-order valence-electron chi connectivity index (χ0n) is 20.0. The highest BCUT2D eigenvalue weighted by Crippen LogP contribution is 2.60. The molecule has 2 N–H and O–H groups in total. The van der Waals surface area contributed by atoms with Crippen molar-refractivity contribution in [3.63, 3.8) is 0 Å². The molecule has 0 spiro atoms. The van der Waals surface area contributed by atoms with E-state index in [2.05, 4.69) is 10.6 Å². The minimum Gasteiger partial charge on any atom is -0.434 e. The summed E-state index contributed by atoms with van der Waals surface area (Å²) in [5.74, 6) is 2.31. The van der Waals surface area contributed by atoms with Crippen LogP contribution < -0.4 is 15.4 Å². The quantitative estimate of drug-likeness (QED) is 0.417. The molecule has 4 saturated carbocycles. The Morgan fingerprint density at radius 1 is 0.914 bits per heavy atom. The number of amides is 2. The molecule has 4 aliphatic rings. The van der Waals surface area contributed by atoms with Crippen molar-refractivity contribution in [2.24, 2.45) is 23.2 Å². The van der Waals surface area contributed by atoms with Crippen molar-refractivity contribution in [2.75, 3.05) is 11.9 Å². The number of para-hydroxylation sites is 1. The molecular formula is C28H32N2O5. The molecule has 184 valence electrons. The van der Waals surface area contributed by atoms with Crippen molar-refractivity contribution >= 4 is 23.7 Å². The fraction of sp³-hybridized carbons (Fsp3) is 0.464. The summed E-state index contributed by atoms with van der Waals surface area (Å²) in [6.07, 6.45) is 6.15. The Bertz CT molecular complexity index is 1080. The van der Waals surface area contributed by atoms with E-state index in [4.69, 9.17) is 9.47 Å². The number of anilines is 1. The Kier molecular flexibility index (Phi) is 6.50. The average molecular weight is 477 g/mol. The summed E-state index contributed by atoms with van der Waals surface area (Å²) in [4.78, 5) is 37.6. The molecule has 2 amide bonds. The first-order valence-electron chi connectivity index (χ1n) is 12.6. The predicted molar refractivity (Wildman–Crippen MR) is 131 cm³/mol. The van der Waals surface area contributed by atoms with E-state index in [0.717, 1.165) is 30.5 Å². The molecule has 0 aliphatic heterocycles. The van der Waals surface area contributed by atoms with Gasteiger partial charge in [-0.05, 0) is 99.1 Å². The van der Waals surface area contributed by atoms with E-state index in [1.807, 2.05) is 24.3 Å². The van der Waals surface area contributed by atoms with Crippen LogP contribution in [0.15, 0.2) is 48.5 Å². The third-order valence-electron chi connectivity index (χ3n) is 7.80. The molecule has 0 saturated heterocycles. The highest BCUT2D eigenvalue weighted by atomic mass is 16.7. The molecular weight excluding hydrogens is 444 g/mol. The molecule has 4 bridgehead atoms. The second-order valence-corrected chi connectivity index (χ2v) is 10.3. The summed E-state index contributed by atoms with van der Waals surface area (Å²) < 4.78 is 9.77. The zero-order valence-corrected chi connectivity index (χ0v) is 20.0. The van der Waals surface area contributed by atoms with Gasteiger partial charge in [0.15, 0.2) is 0 Å². The highest BCUT2D eigenvalue weighted by Gasteiger charge is 2.54. The van der Waals surface area contributed by atoms with Gasteiger partial charge in [-0.2, -0.15) is 0 Å². The maximum Gasteiger partial charge on any atom is 0.513 e. The Morgan fingerprint density at radius 2 is 1.54 bits per heavy atom. The molecule has 0 radical (unpaired) electrons. The van der Waals surface area contributed by atoms with Crippen LogP contribution in [-0.2, 0) is 16.1 Å². The minimum absolute atomic E-state index is 0.146. The average Bonchev–Trinajstić information content (AvgIpc) is 2.83. The Hall–Kier alpha value is -3.35. The molecule has 2 aromatic rings. The van der Waals surface area contributed by atoms with E-state index >= 15 is 0 Å². The number of benzene rings is 2. The van der Waals surface area contributed by atoms with Crippen LogP contribution in [0.3, 0.4) is 0 Å². The SMILES string of the molecule is CCOC(=O)Oc1ccc(C(=O)NCc2ccccc2NC(=O)C23CC4CC(CC(C4)C2)C3)cc1. The molecule has 0 atom stereocenters. The van der Waals surface area contributed by atoms with Crippen LogP contribution >= 0.6 is 0 Å². The fourth-order valence-corrected chi connectivity index (χ4v) is 6.64. The highest BCUT2D eigenvalue weighted by molar-refractivity contribution is 5.97. The Balaban J connectivity index is 1.20. The van der Waals surface area contributed by atoms with Gasteiger partial charge in [0, 0.05) is 17.8 Å². The lowest BCUT2D eigenvalue weighted by Crippen LogP contribution is -2.51. The van der Waals surface area contributed by atoms with Crippen LogP contribution in [0.4, 0.5) is 10.5 Å². The van der Waals surface area contributed by atoms with E-state index in [0.29, 0.717) is 29.1 Å². The largest absolute Gasteiger partial charge is 0.513 e. The normalized spacial score (nSPS) is 26.1. The van der Waals surface area contributed by atoms with Gasteiger partial charge in [0.2, 0.25) is 5.91 Å². The summed E-state index contributed by atoms with van der Waals surface area (Å²) >= 11 is 0. The lowest BCUT2D eigenvalue weighted by atomic mass is 9.49. The van der Waals surface area contributed by atoms with Crippen LogP contribution in [0.2, 0.25) is 0 Å². The Labute approximate surface area is 205 Å². The molecule has 0 unspecified atom stereocenters. The standard InChI is InChI=1S/C28H32N2O5/c1-2-34-27(33)35-23-9-7-21(8-10-23)25(31)29-17-22-5-3-4-6-24(22)30-26(32)28-14-18-11-19(15-28)13-20(12-18)16-28/h3-10,18-20H,2,11-17H2,1H3,(H,29,31)(H,30,32). The summed E-state index contributed by atoms with van der Waals surface area (Å²) in [6.45, 7) is 2.21. The number of nitrogens with one attached hydrogen (secondary N) is 2. The predicted octanol–water partition coefficient (Wildman–Crippen LogP) is 5.31. The van der Waals surface area contributed by atoms with Crippen molar-refractivity contribution < 1.29 is 23.9 Å². The lowest BCUT2D eigenvalue weighted by Gasteiger charge is -2.55. The number of carbonyl (C=O) groups is 3.